The van der Waals surface area contributed by atoms with Gasteiger partial charge in [-0.2, -0.15) is 0 Å². The van der Waals surface area contributed by atoms with Gasteiger partial charge in [0, 0.05) is 18.0 Å². The average molecular weight is 428 g/mol. The van der Waals surface area contributed by atoms with Crippen LogP contribution in [0.5, 0.6) is 0 Å². The second-order valence-corrected chi connectivity index (χ2v) is 9.16. The zero-order valence-corrected chi connectivity index (χ0v) is 18.4. The molecule has 0 saturated carbocycles. The first-order valence-electron chi connectivity index (χ1n) is 10.1. The Morgan fingerprint density at radius 3 is 2.90 bits per heavy atom. The summed E-state index contributed by atoms with van der Waals surface area (Å²) >= 11 is 3.16. The predicted octanol–water partition coefficient (Wildman–Crippen LogP) is 4.50. The summed E-state index contributed by atoms with van der Waals surface area (Å²) in [5.41, 5.74) is 1.96. The van der Waals surface area contributed by atoms with E-state index >= 15 is 0 Å². The van der Waals surface area contributed by atoms with E-state index in [1.54, 1.807) is 15.9 Å². The summed E-state index contributed by atoms with van der Waals surface area (Å²) in [6, 6.07) is 9.72. The van der Waals surface area contributed by atoms with Crippen molar-refractivity contribution in [1.29, 1.82) is 0 Å². The summed E-state index contributed by atoms with van der Waals surface area (Å²) < 4.78 is 1.71. The Bertz CT molecular complexity index is 1090. The number of amides is 1. The monoisotopic (exact) mass is 427 g/mol. The number of hydrogen-bond donors (Lipinski definition) is 0. The molecule has 0 N–H and O–H groups in total. The van der Waals surface area contributed by atoms with E-state index in [0.29, 0.717) is 28.4 Å². The number of carbonyl (C=O) groups is 1. The molecule has 0 bridgehead atoms. The highest BCUT2D eigenvalue weighted by Gasteiger charge is 2.30. The molecule has 0 aliphatic carbocycles. The van der Waals surface area contributed by atoms with Crippen molar-refractivity contribution in [3.63, 3.8) is 0 Å². The van der Waals surface area contributed by atoms with Gasteiger partial charge in [-0.25, -0.2) is 4.98 Å². The molecule has 1 aliphatic rings. The number of para-hydroxylation sites is 1. The van der Waals surface area contributed by atoms with E-state index in [2.05, 4.69) is 18.4 Å². The number of benzene rings is 1. The summed E-state index contributed by atoms with van der Waals surface area (Å²) in [4.78, 5) is 34.1. The Labute approximate surface area is 178 Å². The molecule has 7 heteroatoms. The summed E-state index contributed by atoms with van der Waals surface area (Å²) in [5, 5.41) is 3.38. The number of hydrogen-bond acceptors (Lipinski definition) is 5. The smallest absolute Gasteiger partial charge is 0.262 e. The van der Waals surface area contributed by atoms with Crippen LogP contribution in [0, 0.1) is 0 Å². The van der Waals surface area contributed by atoms with Gasteiger partial charge in [-0.1, -0.05) is 37.7 Å². The summed E-state index contributed by atoms with van der Waals surface area (Å²) in [6.07, 6.45) is 2.68. The van der Waals surface area contributed by atoms with Crippen LogP contribution in [0.15, 0.2) is 45.7 Å². The van der Waals surface area contributed by atoms with Gasteiger partial charge in [-0.15, -0.1) is 11.3 Å². The maximum Gasteiger partial charge on any atom is 0.262 e. The van der Waals surface area contributed by atoms with Crippen LogP contribution < -0.4 is 5.56 Å². The lowest BCUT2D eigenvalue weighted by atomic mass is 9.98. The van der Waals surface area contributed by atoms with E-state index < -0.39 is 0 Å². The molecule has 0 fully saturated rings. The average Bonchev–Trinajstić information content (AvgIpc) is 3.22. The predicted molar refractivity (Wildman–Crippen MR) is 120 cm³/mol. The van der Waals surface area contributed by atoms with Gasteiger partial charge < -0.3 is 4.90 Å². The van der Waals surface area contributed by atoms with Crippen molar-refractivity contribution in [2.75, 3.05) is 12.3 Å². The Kier molecular flexibility index (Phi) is 6.06. The maximum absolute atomic E-state index is 13.1. The molecule has 1 amide bonds. The first-order valence-corrected chi connectivity index (χ1v) is 12.0. The van der Waals surface area contributed by atoms with Gasteiger partial charge in [0.15, 0.2) is 5.16 Å². The van der Waals surface area contributed by atoms with Crippen molar-refractivity contribution >= 4 is 39.9 Å². The summed E-state index contributed by atoms with van der Waals surface area (Å²) in [5.74, 6) is 0.411. The third-order valence-electron chi connectivity index (χ3n) is 5.40. The number of thiophene rings is 1. The van der Waals surface area contributed by atoms with Crippen molar-refractivity contribution < 1.29 is 4.79 Å². The Balaban J connectivity index is 1.57. The molecular weight excluding hydrogens is 402 g/mol. The van der Waals surface area contributed by atoms with E-state index in [1.165, 1.54) is 22.2 Å². The van der Waals surface area contributed by atoms with Crippen LogP contribution in [-0.2, 0) is 17.8 Å². The minimum absolute atomic E-state index is 0.0280. The highest BCUT2D eigenvalue weighted by Crippen LogP contribution is 2.35. The fourth-order valence-corrected chi connectivity index (χ4v) is 5.86. The number of thioether (sulfide) groups is 1. The minimum atomic E-state index is -0.0280. The van der Waals surface area contributed by atoms with Crippen LogP contribution in [-0.4, -0.2) is 32.7 Å². The molecular formula is C22H25N3O2S2. The van der Waals surface area contributed by atoms with Gasteiger partial charge >= 0.3 is 0 Å². The van der Waals surface area contributed by atoms with Crippen LogP contribution in [0.1, 0.15) is 43.2 Å². The summed E-state index contributed by atoms with van der Waals surface area (Å²) in [6.45, 7) is 5.54. The Morgan fingerprint density at radius 2 is 2.10 bits per heavy atom. The SMILES string of the molecule is CCCn1c(SCC(=O)N2CCc3sccc3C2CC)nc2ccccc2c1=O. The number of aromatic nitrogens is 2. The molecule has 3 aromatic rings. The second-order valence-electron chi connectivity index (χ2n) is 7.22. The van der Waals surface area contributed by atoms with Gasteiger partial charge in [0.25, 0.3) is 5.56 Å². The van der Waals surface area contributed by atoms with Crippen LogP contribution >= 0.6 is 23.1 Å². The number of carbonyl (C=O) groups excluding carboxylic acids is 1. The van der Waals surface area contributed by atoms with Crippen molar-refractivity contribution in [2.24, 2.45) is 0 Å². The van der Waals surface area contributed by atoms with Crippen LogP contribution in [0.3, 0.4) is 0 Å². The number of fused-ring (bicyclic) bond motifs is 2. The largest absolute Gasteiger partial charge is 0.335 e. The molecule has 5 nitrogen and oxygen atoms in total. The topological polar surface area (TPSA) is 55.2 Å². The highest BCUT2D eigenvalue weighted by molar-refractivity contribution is 7.99. The minimum Gasteiger partial charge on any atom is -0.335 e. The Morgan fingerprint density at radius 1 is 1.28 bits per heavy atom. The molecule has 3 heterocycles. The molecule has 4 rings (SSSR count). The highest BCUT2D eigenvalue weighted by atomic mass is 32.2. The molecule has 29 heavy (non-hydrogen) atoms. The lowest BCUT2D eigenvalue weighted by Crippen LogP contribution is -2.40. The maximum atomic E-state index is 13.1. The van der Waals surface area contributed by atoms with E-state index in [9.17, 15) is 9.59 Å². The first kappa shape index (κ1) is 20.2. The summed E-state index contributed by atoms with van der Waals surface area (Å²) in [7, 11) is 0. The van der Waals surface area contributed by atoms with Gasteiger partial charge in [0.05, 0.1) is 22.7 Å². The van der Waals surface area contributed by atoms with Crippen LogP contribution in [0.4, 0.5) is 0 Å². The third-order valence-corrected chi connectivity index (χ3v) is 7.36. The molecule has 2 aromatic heterocycles. The lowest BCUT2D eigenvalue weighted by Gasteiger charge is -2.35. The van der Waals surface area contributed by atoms with E-state index in [-0.39, 0.29) is 17.5 Å². The van der Waals surface area contributed by atoms with Crippen LogP contribution in [0.2, 0.25) is 0 Å². The van der Waals surface area contributed by atoms with E-state index in [4.69, 9.17) is 4.98 Å². The third kappa shape index (κ3) is 3.85. The number of nitrogens with zero attached hydrogens (tertiary/aromatic N) is 3. The zero-order valence-electron chi connectivity index (χ0n) is 16.8. The fraction of sp³-hybridized carbons (Fsp3) is 0.409. The zero-order chi connectivity index (χ0) is 20.4. The second kappa shape index (κ2) is 8.71. The molecule has 0 radical (unpaired) electrons. The molecule has 0 saturated heterocycles. The van der Waals surface area contributed by atoms with Crippen molar-refractivity contribution in [3.05, 3.63) is 56.5 Å². The molecule has 1 unspecified atom stereocenters. The van der Waals surface area contributed by atoms with E-state index in [0.717, 1.165) is 25.8 Å². The molecule has 0 spiro atoms. The van der Waals surface area contributed by atoms with Crippen molar-refractivity contribution in [3.8, 4) is 0 Å². The van der Waals surface area contributed by atoms with Gasteiger partial charge in [-0.05, 0) is 48.4 Å². The quantitative estimate of drug-likeness (QED) is 0.429. The van der Waals surface area contributed by atoms with Gasteiger partial charge in [0.2, 0.25) is 5.91 Å². The Hall–Kier alpha value is -2.12. The molecule has 1 aromatic carbocycles. The van der Waals surface area contributed by atoms with Crippen molar-refractivity contribution in [2.45, 2.75) is 50.9 Å². The standard InChI is InChI=1S/C22H25N3O2S2/c1-3-11-25-21(27)15-7-5-6-8-17(15)23-22(25)29-14-20(26)24-12-9-19-16(10-13-28-19)18(24)4-2/h5-8,10,13,18H,3-4,9,11-12,14H2,1-2H3. The van der Waals surface area contributed by atoms with Gasteiger partial charge in [0.1, 0.15) is 0 Å². The fourth-order valence-electron chi connectivity index (χ4n) is 4.02. The van der Waals surface area contributed by atoms with Crippen molar-refractivity contribution in [1.82, 2.24) is 14.5 Å². The first-order chi connectivity index (χ1) is 14.1. The normalized spacial score (nSPS) is 16.2. The van der Waals surface area contributed by atoms with Gasteiger partial charge in [-0.3, -0.25) is 14.2 Å². The van der Waals surface area contributed by atoms with Crippen LogP contribution in [0.25, 0.3) is 10.9 Å². The molecule has 1 aliphatic heterocycles. The molecule has 152 valence electrons. The lowest BCUT2D eigenvalue weighted by molar-refractivity contribution is -0.131. The number of rotatable bonds is 6. The molecule has 1 atom stereocenters. The van der Waals surface area contributed by atoms with E-state index in [1.807, 2.05) is 36.1 Å².